The monoisotopic (exact) mass is 346 g/mol. The molecule has 1 aromatic carbocycles. The third-order valence-corrected chi connectivity index (χ3v) is 5.69. The molecule has 2 aliphatic heterocycles. The van der Waals surface area contributed by atoms with E-state index in [1.54, 1.807) is 12.1 Å². The topological polar surface area (TPSA) is 35.5 Å². The molecule has 0 bridgehead atoms. The van der Waals surface area contributed by atoms with Crippen molar-refractivity contribution in [3.63, 3.8) is 0 Å². The molecule has 0 aliphatic carbocycles. The number of rotatable bonds is 3. The Kier molecular flexibility index (Phi) is 4.69. The van der Waals surface area contributed by atoms with Gasteiger partial charge in [0.15, 0.2) is 6.29 Å². The molecule has 0 amide bonds. The van der Waals surface area contributed by atoms with Crippen molar-refractivity contribution in [3.05, 3.63) is 27.7 Å². The summed E-state index contributed by atoms with van der Waals surface area (Å²) in [4.78, 5) is 11.2. The Morgan fingerprint density at radius 2 is 2.29 bits per heavy atom. The first-order valence-electron chi connectivity index (χ1n) is 6.94. The molecule has 114 valence electrons. The zero-order valence-electron chi connectivity index (χ0n) is 11.4. The summed E-state index contributed by atoms with van der Waals surface area (Å²) in [6, 6.07) is 3.18. The van der Waals surface area contributed by atoms with Crippen LogP contribution in [0, 0.1) is 0 Å². The second-order valence-electron chi connectivity index (χ2n) is 5.49. The van der Waals surface area contributed by atoms with E-state index in [1.807, 2.05) is 11.8 Å². The zero-order chi connectivity index (χ0) is 14.9. The molecule has 2 fully saturated rings. The van der Waals surface area contributed by atoms with Gasteiger partial charge in [0.1, 0.15) is 11.9 Å². The number of carbonyl (C=O) groups is 1. The minimum atomic E-state index is -0.0617. The van der Waals surface area contributed by atoms with Crippen molar-refractivity contribution in [2.24, 2.45) is 0 Å². The molecular formula is C15H16Cl2O3S. The lowest BCUT2D eigenvalue weighted by molar-refractivity contribution is -0.0959. The van der Waals surface area contributed by atoms with Gasteiger partial charge in [-0.05, 0) is 24.3 Å². The second kappa shape index (κ2) is 6.37. The van der Waals surface area contributed by atoms with Gasteiger partial charge < -0.3 is 9.47 Å². The van der Waals surface area contributed by atoms with Crippen LogP contribution in [0.5, 0.6) is 5.75 Å². The van der Waals surface area contributed by atoms with Crippen LogP contribution in [-0.2, 0) is 4.74 Å². The quantitative estimate of drug-likeness (QED) is 0.767. The van der Waals surface area contributed by atoms with E-state index in [-0.39, 0.29) is 11.7 Å². The first-order valence-corrected chi connectivity index (χ1v) is 8.85. The van der Waals surface area contributed by atoms with E-state index in [1.165, 1.54) is 0 Å². The number of aldehydes is 1. The average molecular weight is 347 g/mol. The van der Waals surface area contributed by atoms with E-state index in [4.69, 9.17) is 32.7 Å². The van der Waals surface area contributed by atoms with Crippen LogP contribution in [0.4, 0.5) is 0 Å². The van der Waals surface area contributed by atoms with E-state index >= 15 is 0 Å². The number of thioether (sulfide) groups is 1. The van der Waals surface area contributed by atoms with Crippen LogP contribution in [0.2, 0.25) is 10.0 Å². The number of ether oxygens (including phenoxy) is 2. The average Bonchev–Trinajstić information content (AvgIpc) is 2.89. The van der Waals surface area contributed by atoms with Gasteiger partial charge in [-0.2, -0.15) is 11.8 Å². The number of hydrogen-bond acceptors (Lipinski definition) is 4. The van der Waals surface area contributed by atoms with Gasteiger partial charge in [-0.1, -0.05) is 23.2 Å². The molecule has 21 heavy (non-hydrogen) atoms. The van der Waals surface area contributed by atoms with Crippen molar-refractivity contribution >= 4 is 41.2 Å². The van der Waals surface area contributed by atoms with Gasteiger partial charge in [-0.15, -0.1) is 0 Å². The molecule has 2 unspecified atom stereocenters. The van der Waals surface area contributed by atoms with Gasteiger partial charge in [-0.3, -0.25) is 4.79 Å². The Balaban J connectivity index is 1.78. The summed E-state index contributed by atoms with van der Waals surface area (Å²) >= 11 is 14.0. The van der Waals surface area contributed by atoms with Crippen molar-refractivity contribution in [1.82, 2.24) is 0 Å². The van der Waals surface area contributed by atoms with Crippen LogP contribution in [0.3, 0.4) is 0 Å². The van der Waals surface area contributed by atoms with Crippen molar-refractivity contribution in [2.45, 2.75) is 31.0 Å². The molecule has 0 saturated carbocycles. The summed E-state index contributed by atoms with van der Waals surface area (Å²) in [5.74, 6) is 2.58. The molecule has 3 rings (SSSR count). The van der Waals surface area contributed by atoms with E-state index < -0.39 is 0 Å². The van der Waals surface area contributed by atoms with Crippen molar-refractivity contribution in [2.75, 3.05) is 18.1 Å². The molecule has 0 aromatic heterocycles. The van der Waals surface area contributed by atoms with Gasteiger partial charge in [-0.25, -0.2) is 0 Å². The lowest BCUT2D eigenvalue weighted by atomic mass is 9.91. The fourth-order valence-corrected chi connectivity index (χ4v) is 4.84. The van der Waals surface area contributed by atoms with Crippen LogP contribution in [-0.4, -0.2) is 36.1 Å². The Hall–Kier alpha value is -0.420. The maximum atomic E-state index is 11.2. The summed E-state index contributed by atoms with van der Waals surface area (Å²) in [6.45, 7) is 0.687. The minimum absolute atomic E-state index is 0.0230. The number of hydrogen-bond donors (Lipinski definition) is 0. The van der Waals surface area contributed by atoms with Gasteiger partial charge in [0, 0.05) is 23.6 Å². The summed E-state index contributed by atoms with van der Waals surface area (Å²) in [5.41, 5.74) is 0.335. The summed E-state index contributed by atoms with van der Waals surface area (Å²) < 4.78 is 12.0. The first-order chi connectivity index (χ1) is 10.1. The van der Waals surface area contributed by atoms with Gasteiger partial charge in [0.25, 0.3) is 0 Å². The maximum Gasteiger partial charge on any atom is 0.153 e. The molecule has 2 aliphatic rings. The number of halogens is 2. The van der Waals surface area contributed by atoms with Crippen LogP contribution >= 0.6 is 35.0 Å². The Morgan fingerprint density at radius 1 is 1.43 bits per heavy atom. The van der Waals surface area contributed by atoms with E-state index in [2.05, 4.69) is 0 Å². The molecular weight excluding hydrogens is 331 g/mol. The molecule has 6 heteroatoms. The fraction of sp³-hybridized carbons (Fsp3) is 0.533. The molecule has 0 N–H and O–H groups in total. The smallest absolute Gasteiger partial charge is 0.153 e. The van der Waals surface area contributed by atoms with Crippen LogP contribution in [0.1, 0.15) is 29.6 Å². The summed E-state index contributed by atoms with van der Waals surface area (Å²) in [5, 5.41) is 0.816. The summed E-state index contributed by atoms with van der Waals surface area (Å²) in [7, 11) is 0. The zero-order valence-corrected chi connectivity index (χ0v) is 13.8. The molecule has 1 aromatic rings. The largest absolute Gasteiger partial charge is 0.488 e. The predicted octanol–water partition coefficient (Wildman–Crippen LogP) is 4.24. The molecule has 2 heterocycles. The van der Waals surface area contributed by atoms with E-state index in [0.29, 0.717) is 28.0 Å². The summed E-state index contributed by atoms with van der Waals surface area (Å²) in [6.07, 6.45) is 3.47. The van der Waals surface area contributed by atoms with Crippen LogP contribution in [0.15, 0.2) is 12.1 Å². The molecule has 0 radical (unpaired) electrons. The van der Waals surface area contributed by atoms with Gasteiger partial charge in [0.05, 0.1) is 22.8 Å². The third-order valence-electron chi connectivity index (χ3n) is 3.96. The molecule has 2 atom stereocenters. The molecule has 1 spiro atoms. The Bertz CT molecular complexity index is 544. The third kappa shape index (κ3) is 3.34. The van der Waals surface area contributed by atoms with Gasteiger partial charge >= 0.3 is 0 Å². The van der Waals surface area contributed by atoms with Crippen molar-refractivity contribution in [3.8, 4) is 5.75 Å². The van der Waals surface area contributed by atoms with Crippen LogP contribution < -0.4 is 4.74 Å². The normalized spacial score (nSPS) is 28.8. The lowest BCUT2D eigenvalue weighted by Gasteiger charge is -2.37. The Labute approximate surface area is 138 Å². The highest BCUT2D eigenvalue weighted by Gasteiger charge is 2.41. The lowest BCUT2D eigenvalue weighted by Crippen LogP contribution is -2.44. The molecule has 2 saturated heterocycles. The second-order valence-corrected chi connectivity index (χ2v) is 7.44. The van der Waals surface area contributed by atoms with E-state index in [0.717, 1.165) is 37.1 Å². The first kappa shape index (κ1) is 15.5. The van der Waals surface area contributed by atoms with E-state index in [9.17, 15) is 4.79 Å². The van der Waals surface area contributed by atoms with Crippen molar-refractivity contribution in [1.29, 1.82) is 0 Å². The number of benzene rings is 1. The minimum Gasteiger partial charge on any atom is -0.488 e. The fourth-order valence-electron chi connectivity index (χ4n) is 2.91. The highest BCUT2D eigenvalue weighted by atomic mass is 35.5. The van der Waals surface area contributed by atoms with Crippen LogP contribution in [0.25, 0.3) is 0 Å². The molecule has 3 nitrogen and oxygen atoms in total. The van der Waals surface area contributed by atoms with Crippen molar-refractivity contribution < 1.29 is 14.3 Å². The highest BCUT2D eigenvalue weighted by molar-refractivity contribution is 7.99. The van der Waals surface area contributed by atoms with Gasteiger partial charge in [0.2, 0.25) is 0 Å². The Morgan fingerprint density at radius 3 is 3.00 bits per heavy atom. The SMILES string of the molecule is O=Cc1cc(Cl)cc(Cl)c1OC1CCOC2(CCSC2)C1. The predicted molar refractivity (Wildman–Crippen MR) is 86.1 cm³/mol. The number of carbonyl (C=O) groups excluding carboxylic acids is 1. The highest BCUT2D eigenvalue weighted by Crippen LogP contribution is 2.40. The maximum absolute atomic E-state index is 11.2. The standard InChI is InChI=1S/C15H16Cl2O3S/c16-11-5-10(8-18)14(13(17)6-11)20-12-1-3-19-15(7-12)2-4-21-9-15/h5-6,8,12H,1-4,7,9H2.